The molecule has 5 aromatic carbocycles. The van der Waals surface area contributed by atoms with E-state index in [2.05, 4.69) is 50.8 Å². The molecule has 8 aromatic rings. The zero-order valence-electron chi connectivity index (χ0n) is 35.1. The molecule has 65 heavy (non-hydrogen) atoms. The van der Waals surface area contributed by atoms with Gasteiger partial charge < -0.3 is 18.9 Å². The highest BCUT2D eigenvalue weighted by molar-refractivity contribution is 6.42. The second kappa shape index (κ2) is 18.6. The van der Waals surface area contributed by atoms with E-state index in [0.717, 1.165) is 64.6 Å². The summed E-state index contributed by atoms with van der Waals surface area (Å²) in [6, 6.07) is 38.6. The number of halogens is 6. The molecule has 0 radical (unpaired) electrons. The third-order valence-corrected chi connectivity index (χ3v) is 13.2. The second-order valence-electron chi connectivity index (χ2n) is 16.6. The number of aromatic nitrogens is 3. The Bertz CT molecular complexity index is 2990. The third-order valence-electron chi connectivity index (χ3n) is 12.4. The number of pyridine rings is 1. The number of hydrogen-bond acceptors (Lipinski definition) is 3. The number of hydrogen-bond donors (Lipinski definition) is 0. The number of amides is 2. The molecule has 2 aliphatic heterocycles. The number of likely N-dealkylation sites (tertiary alicyclic amines) is 2. The number of para-hydroxylation sites is 2. The highest BCUT2D eigenvalue weighted by Crippen LogP contribution is 2.37. The first-order valence-corrected chi connectivity index (χ1v) is 22.2. The minimum Gasteiger partial charge on any atom is -0.343 e. The number of benzene rings is 5. The quantitative estimate of drug-likeness (QED) is 0.143. The molecule has 0 N–H and O–H groups in total. The predicted octanol–water partition coefficient (Wildman–Crippen LogP) is 12.5. The lowest BCUT2D eigenvalue weighted by molar-refractivity contribution is -0.137. The Kier molecular flexibility index (Phi) is 12.5. The van der Waals surface area contributed by atoms with Crippen LogP contribution in [0.5, 0.6) is 0 Å². The summed E-state index contributed by atoms with van der Waals surface area (Å²) >= 11 is 12.1. The molecule has 0 bridgehead atoms. The fraction of sp³-hybridized carbons (Fsp3) is 0.212. The van der Waals surface area contributed by atoms with Crippen LogP contribution in [0.2, 0.25) is 10.0 Å². The molecule has 0 aliphatic carbocycles. The summed E-state index contributed by atoms with van der Waals surface area (Å²) in [5.74, 6) is 0.130. The molecule has 330 valence electrons. The summed E-state index contributed by atoms with van der Waals surface area (Å²) in [6.07, 6.45) is 3.33. The van der Waals surface area contributed by atoms with Gasteiger partial charge in [-0.05, 0) is 102 Å². The van der Waals surface area contributed by atoms with Gasteiger partial charge in [-0.3, -0.25) is 14.6 Å². The van der Waals surface area contributed by atoms with Gasteiger partial charge in [-0.15, -0.1) is 0 Å². The Hall–Kier alpha value is -6.43. The van der Waals surface area contributed by atoms with Crippen molar-refractivity contribution in [1.29, 1.82) is 0 Å². The van der Waals surface area contributed by atoms with Crippen LogP contribution >= 0.6 is 23.2 Å². The molecular formula is C52H43Cl2F4N5O2. The maximum Gasteiger partial charge on any atom is 0.416 e. The minimum absolute atomic E-state index is 0.00634. The molecule has 2 saturated heterocycles. The average molecular weight is 917 g/mol. The number of carbonyl (C=O) groups excluding carboxylic acids is 2. The van der Waals surface area contributed by atoms with E-state index in [4.69, 9.17) is 23.2 Å². The lowest BCUT2D eigenvalue weighted by Crippen LogP contribution is -2.29. The van der Waals surface area contributed by atoms with E-state index >= 15 is 0 Å². The van der Waals surface area contributed by atoms with E-state index in [9.17, 15) is 27.2 Å². The van der Waals surface area contributed by atoms with Crippen LogP contribution in [0.25, 0.3) is 21.8 Å². The molecule has 2 aliphatic rings. The van der Waals surface area contributed by atoms with Gasteiger partial charge in [0.05, 0.1) is 15.6 Å². The van der Waals surface area contributed by atoms with Gasteiger partial charge in [0.15, 0.2) is 0 Å². The van der Waals surface area contributed by atoms with Crippen LogP contribution in [0.1, 0.15) is 73.3 Å². The first-order chi connectivity index (χ1) is 31.4. The second-order valence-corrected chi connectivity index (χ2v) is 17.4. The van der Waals surface area contributed by atoms with E-state index in [1.165, 1.54) is 35.2 Å². The molecule has 7 nitrogen and oxygen atoms in total. The maximum atomic E-state index is 13.3. The van der Waals surface area contributed by atoms with Crippen molar-refractivity contribution < 1.29 is 27.2 Å². The summed E-state index contributed by atoms with van der Waals surface area (Å²) in [7, 11) is 0. The maximum absolute atomic E-state index is 13.3. The van der Waals surface area contributed by atoms with Crippen LogP contribution in [0.4, 0.5) is 17.6 Å². The molecule has 3 aromatic heterocycles. The first-order valence-electron chi connectivity index (χ1n) is 21.4. The molecule has 2 unspecified atom stereocenters. The van der Waals surface area contributed by atoms with E-state index in [1.54, 1.807) is 30.5 Å². The Balaban J connectivity index is 0.000000166. The Morgan fingerprint density at radius 2 is 1.14 bits per heavy atom. The Labute approximate surface area is 383 Å². The number of fused-ring (bicyclic) bond motifs is 2. The summed E-state index contributed by atoms with van der Waals surface area (Å²) in [4.78, 5) is 33.8. The zero-order valence-corrected chi connectivity index (χ0v) is 36.6. The van der Waals surface area contributed by atoms with Crippen LogP contribution in [0.15, 0.2) is 152 Å². The van der Waals surface area contributed by atoms with Gasteiger partial charge in [0.25, 0.3) is 11.8 Å². The van der Waals surface area contributed by atoms with Gasteiger partial charge in [-0.2, -0.15) is 13.2 Å². The van der Waals surface area contributed by atoms with Gasteiger partial charge in [0.1, 0.15) is 11.5 Å². The molecule has 5 heterocycles. The summed E-state index contributed by atoms with van der Waals surface area (Å²) < 4.78 is 56.3. The minimum atomic E-state index is -4.35. The van der Waals surface area contributed by atoms with Crippen molar-refractivity contribution in [3.05, 3.63) is 207 Å². The lowest BCUT2D eigenvalue weighted by Gasteiger charge is -2.17. The molecule has 2 atom stereocenters. The van der Waals surface area contributed by atoms with Crippen molar-refractivity contribution in [2.45, 2.75) is 43.9 Å². The summed E-state index contributed by atoms with van der Waals surface area (Å²) in [6.45, 7) is 3.77. The molecule has 2 amide bonds. The molecule has 0 saturated carbocycles. The van der Waals surface area contributed by atoms with Crippen LogP contribution in [0.3, 0.4) is 0 Å². The lowest BCUT2D eigenvalue weighted by atomic mass is 9.98. The smallest absolute Gasteiger partial charge is 0.343 e. The van der Waals surface area contributed by atoms with E-state index in [-0.39, 0.29) is 29.5 Å². The van der Waals surface area contributed by atoms with Crippen LogP contribution in [-0.2, 0) is 19.3 Å². The van der Waals surface area contributed by atoms with Crippen LogP contribution < -0.4 is 0 Å². The summed E-state index contributed by atoms with van der Waals surface area (Å²) in [5, 5.41) is 3.06. The van der Waals surface area contributed by atoms with Gasteiger partial charge >= 0.3 is 6.18 Å². The van der Waals surface area contributed by atoms with Gasteiger partial charge in [-0.1, -0.05) is 89.9 Å². The fourth-order valence-electron chi connectivity index (χ4n) is 9.11. The first kappa shape index (κ1) is 43.8. The fourth-order valence-corrected chi connectivity index (χ4v) is 9.40. The van der Waals surface area contributed by atoms with Crippen molar-refractivity contribution in [3.8, 4) is 0 Å². The van der Waals surface area contributed by atoms with Crippen molar-refractivity contribution in [1.82, 2.24) is 23.9 Å². The number of carbonyl (C=O) groups is 2. The molecule has 10 rings (SSSR count). The highest BCUT2D eigenvalue weighted by Gasteiger charge is 2.33. The van der Waals surface area contributed by atoms with Gasteiger partial charge in [0, 0.05) is 97.1 Å². The molecule has 2 fully saturated rings. The number of nitrogens with zero attached hydrogens (tertiary/aromatic N) is 5. The van der Waals surface area contributed by atoms with Crippen LogP contribution in [0, 0.1) is 5.82 Å². The molecule has 13 heteroatoms. The Morgan fingerprint density at radius 3 is 1.66 bits per heavy atom. The normalized spacial score (nSPS) is 16.3. The predicted molar refractivity (Wildman–Crippen MR) is 247 cm³/mol. The topological polar surface area (TPSA) is 63.4 Å². The molecular weight excluding hydrogens is 874 g/mol. The van der Waals surface area contributed by atoms with Crippen molar-refractivity contribution in [2.24, 2.45) is 0 Å². The number of alkyl halides is 3. The van der Waals surface area contributed by atoms with Gasteiger partial charge in [0.2, 0.25) is 0 Å². The summed E-state index contributed by atoms with van der Waals surface area (Å²) in [5.41, 5.74) is 6.76. The third kappa shape index (κ3) is 9.53. The highest BCUT2D eigenvalue weighted by atomic mass is 35.5. The van der Waals surface area contributed by atoms with E-state index in [1.807, 2.05) is 58.3 Å². The van der Waals surface area contributed by atoms with Crippen molar-refractivity contribution in [2.75, 3.05) is 26.2 Å². The van der Waals surface area contributed by atoms with Crippen molar-refractivity contribution in [3.63, 3.8) is 0 Å². The van der Waals surface area contributed by atoms with Gasteiger partial charge in [-0.25, -0.2) is 4.39 Å². The standard InChI is InChI=1S/C27H21Cl2F3N2O.C25H22FN3O/c28-23-10-7-18(13-24(23)29)26(35)33-12-11-19(15-33)22-16-34(25-4-2-1-3-21(22)25)14-17-5-8-20(9-6-17)27(30,31)32;26-20-10-8-18(9-11-20)15-29-17-22(21-5-1-2-7-24(21)29)19-12-14-28(16-19)25(30)23-6-3-4-13-27-23/h1-10,13,16,19H,11-12,14-15H2;1-11,13,17,19H,12,14-16H2. The number of rotatable bonds is 8. The average Bonchev–Trinajstić information content (AvgIpc) is 4.14. The largest absolute Gasteiger partial charge is 0.416 e. The Morgan fingerprint density at radius 1 is 0.615 bits per heavy atom. The molecule has 0 spiro atoms. The SMILES string of the molecule is O=C(c1ccc(Cl)c(Cl)c1)N1CCC(c2cn(Cc3ccc(C(F)(F)F)cc3)c3ccccc23)C1.O=C(c1ccccn1)N1CCC(c2cn(Cc3ccc(F)cc3)c3ccccc23)C1. The zero-order chi connectivity index (χ0) is 45.2. The van der Waals surface area contributed by atoms with E-state index < -0.39 is 11.7 Å². The monoisotopic (exact) mass is 915 g/mol. The van der Waals surface area contributed by atoms with Crippen molar-refractivity contribution >= 4 is 56.8 Å². The van der Waals surface area contributed by atoms with E-state index in [0.29, 0.717) is 54.0 Å². The van der Waals surface area contributed by atoms with Crippen LogP contribution in [-0.4, -0.2) is 61.9 Å².